The van der Waals surface area contributed by atoms with E-state index in [1.165, 1.54) is 11.1 Å². The van der Waals surface area contributed by atoms with Crippen molar-refractivity contribution < 1.29 is 0 Å². The van der Waals surface area contributed by atoms with E-state index in [0.29, 0.717) is 0 Å². The molecule has 0 aliphatic heterocycles. The maximum Gasteiger partial charge on any atom is 0.130 e. The summed E-state index contributed by atoms with van der Waals surface area (Å²) in [4.78, 5) is 4.26. The van der Waals surface area contributed by atoms with Gasteiger partial charge in [-0.05, 0) is 55.2 Å². The van der Waals surface area contributed by atoms with Crippen LogP contribution >= 0.6 is 0 Å². The van der Waals surface area contributed by atoms with E-state index in [1.54, 1.807) is 0 Å². The number of nitrogens with two attached hydrogens (primary N) is 1. The first-order chi connectivity index (χ1) is 9.13. The standard InChI is InChI=1S/C16H19N3/c1-12(2)19-16-11-14(8-9-18-16)7-6-13-4-3-5-15(17)10-13/h3-5,8-11H,1,6-7,17H2,2H3,(H,18,19). The molecule has 0 aliphatic rings. The van der Waals surface area contributed by atoms with Crippen molar-refractivity contribution in [2.45, 2.75) is 19.8 Å². The molecule has 1 aromatic heterocycles. The SMILES string of the molecule is C=C(C)Nc1cc(CCc2cccc(N)c2)ccn1. The predicted octanol–water partition coefficient (Wildman–Crippen LogP) is 3.39. The summed E-state index contributed by atoms with van der Waals surface area (Å²) in [5.41, 5.74) is 9.99. The predicted molar refractivity (Wildman–Crippen MR) is 80.9 cm³/mol. The summed E-state index contributed by atoms with van der Waals surface area (Å²) >= 11 is 0. The van der Waals surface area contributed by atoms with Crippen molar-refractivity contribution in [3.63, 3.8) is 0 Å². The first kappa shape index (κ1) is 13.1. The fourth-order valence-electron chi connectivity index (χ4n) is 1.95. The number of hydrogen-bond donors (Lipinski definition) is 2. The molecule has 2 aromatic rings. The monoisotopic (exact) mass is 253 g/mol. The number of rotatable bonds is 5. The van der Waals surface area contributed by atoms with Crippen molar-refractivity contribution in [2.75, 3.05) is 11.1 Å². The molecule has 3 heteroatoms. The lowest BCUT2D eigenvalue weighted by Gasteiger charge is -2.07. The highest BCUT2D eigenvalue weighted by atomic mass is 15.0. The molecule has 19 heavy (non-hydrogen) atoms. The molecular weight excluding hydrogens is 234 g/mol. The van der Waals surface area contributed by atoms with Crippen LogP contribution in [0.3, 0.4) is 0 Å². The van der Waals surface area contributed by atoms with E-state index in [9.17, 15) is 0 Å². The fraction of sp³-hybridized carbons (Fsp3) is 0.188. The lowest BCUT2D eigenvalue weighted by atomic mass is 10.0. The number of nitrogen functional groups attached to an aromatic ring is 1. The third-order valence-electron chi connectivity index (χ3n) is 2.82. The Morgan fingerprint density at radius 3 is 2.63 bits per heavy atom. The maximum absolute atomic E-state index is 5.78. The minimum atomic E-state index is 0.817. The molecule has 0 fully saturated rings. The van der Waals surface area contributed by atoms with Crippen LogP contribution in [0.15, 0.2) is 54.9 Å². The smallest absolute Gasteiger partial charge is 0.130 e. The van der Waals surface area contributed by atoms with Gasteiger partial charge in [0.1, 0.15) is 5.82 Å². The van der Waals surface area contributed by atoms with Gasteiger partial charge in [0.2, 0.25) is 0 Å². The lowest BCUT2D eigenvalue weighted by molar-refractivity contribution is 0.956. The summed E-state index contributed by atoms with van der Waals surface area (Å²) in [7, 11) is 0. The molecular formula is C16H19N3. The molecule has 1 heterocycles. The molecule has 0 bridgehead atoms. The number of pyridine rings is 1. The zero-order valence-electron chi connectivity index (χ0n) is 11.2. The van der Waals surface area contributed by atoms with Crippen LogP contribution in [-0.2, 0) is 12.8 Å². The van der Waals surface area contributed by atoms with Crippen molar-refractivity contribution in [1.29, 1.82) is 0 Å². The number of hydrogen-bond acceptors (Lipinski definition) is 3. The van der Waals surface area contributed by atoms with Crippen LogP contribution in [0.1, 0.15) is 18.1 Å². The van der Waals surface area contributed by atoms with E-state index >= 15 is 0 Å². The minimum absolute atomic E-state index is 0.817. The first-order valence-electron chi connectivity index (χ1n) is 6.35. The molecule has 0 radical (unpaired) electrons. The number of anilines is 2. The molecule has 0 atom stereocenters. The van der Waals surface area contributed by atoms with Gasteiger partial charge in [0.25, 0.3) is 0 Å². The van der Waals surface area contributed by atoms with Gasteiger partial charge >= 0.3 is 0 Å². The van der Waals surface area contributed by atoms with Gasteiger partial charge in [-0.1, -0.05) is 18.7 Å². The third kappa shape index (κ3) is 4.14. The molecule has 0 unspecified atom stereocenters. The summed E-state index contributed by atoms with van der Waals surface area (Å²) in [6.07, 6.45) is 3.76. The van der Waals surface area contributed by atoms with Gasteiger partial charge < -0.3 is 11.1 Å². The van der Waals surface area contributed by atoms with Crippen LogP contribution in [0.5, 0.6) is 0 Å². The van der Waals surface area contributed by atoms with Crippen LogP contribution in [0, 0.1) is 0 Å². The number of aromatic nitrogens is 1. The van der Waals surface area contributed by atoms with Crippen LogP contribution in [-0.4, -0.2) is 4.98 Å². The molecule has 0 saturated heterocycles. The lowest BCUT2D eigenvalue weighted by Crippen LogP contribution is -1.99. The van der Waals surface area contributed by atoms with Crippen molar-refractivity contribution in [3.8, 4) is 0 Å². The van der Waals surface area contributed by atoms with Gasteiger partial charge in [-0.3, -0.25) is 0 Å². The highest BCUT2D eigenvalue weighted by molar-refractivity contribution is 5.43. The Hall–Kier alpha value is -2.29. The van der Waals surface area contributed by atoms with Crippen molar-refractivity contribution >= 4 is 11.5 Å². The summed E-state index contributed by atoms with van der Waals surface area (Å²) in [5, 5.41) is 3.13. The quantitative estimate of drug-likeness (QED) is 0.803. The van der Waals surface area contributed by atoms with E-state index in [0.717, 1.165) is 30.0 Å². The van der Waals surface area contributed by atoms with Crippen LogP contribution in [0.25, 0.3) is 0 Å². The average molecular weight is 253 g/mol. The summed E-state index contributed by atoms with van der Waals surface area (Å²) in [6.45, 7) is 5.74. The Balaban J connectivity index is 2.01. The molecule has 0 spiro atoms. The maximum atomic E-state index is 5.78. The average Bonchev–Trinajstić information content (AvgIpc) is 2.36. The number of aryl methyl sites for hydroxylation is 2. The molecule has 98 valence electrons. The van der Waals surface area contributed by atoms with E-state index in [4.69, 9.17) is 5.73 Å². The van der Waals surface area contributed by atoms with Crippen molar-refractivity contribution in [2.24, 2.45) is 0 Å². The Bertz CT molecular complexity index is 576. The number of nitrogens with one attached hydrogen (secondary N) is 1. The zero-order chi connectivity index (χ0) is 13.7. The van der Waals surface area contributed by atoms with Crippen molar-refractivity contribution in [1.82, 2.24) is 4.98 Å². The van der Waals surface area contributed by atoms with E-state index in [2.05, 4.69) is 29.0 Å². The topological polar surface area (TPSA) is 50.9 Å². The molecule has 3 N–H and O–H groups in total. The first-order valence-corrected chi connectivity index (χ1v) is 6.35. The Labute approximate surface area is 114 Å². The van der Waals surface area contributed by atoms with Crippen LogP contribution in [0.2, 0.25) is 0 Å². The van der Waals surface area contributed by atoms with Crippen molar-refractivity contribution in [3.05, 3.63) is 66.0 Å². The third-order valence-corrected chi connectivity index (χ3v) is 2.82. The zero-order valence-corrected chi connectivity index (χ0v) is 11.2. The van der Waals surface area contributed by atoms with E-state index in [-0.39, 0.29) is 0 Å². The molecule has 2 rings (SSSR count). The summed E-state index contributed by atoms with van der Waals surface area (Å²) in [6, 6.07) is 12.1. The second-order valence-corrected chi connectivity index (χ2v) is 4.70. The van der Waals surface area contributed by atoms with E-state index < -0.39 is 0 Å². The van der Waals surface area contributed by atoms with Crippen LogP contribution in [0.4, 0.5) is 11.5 Å². The highest BCUT2D eigenvalue weighted by Gasteiger charge is 1.99. The Morgan fingerprint density at radius 2 is 1.95 bits per heavy atom. The largest absolute Gasteiger partial charge is 0.399 e. The number of benzene rings is 1. The van der Waals surface area contributed by atoms with Crippen LogP contribution < -0.4 is 11.1 Å². The minimum Gasteiger partial charge on any atom is -0.399 e. The normalized spacial score (nSPS) is 10.2. The molecule has 0 aliphatic carbocycles. The molecule has 0 saturated carbocycles. The Kier molecular flexibility index (Phi) is 4.18. The summed E-state index contributed by atoms with van der Waals surface area (Å²) in [5.74, 6) is 0.845. The molecule has 0 amide bonds. The second-order valence-electron chi connectivity index (χ2n) is 4.70. The summed E-state index contributed by atoms with van der Waals surface area (Å²) < 4.78 is 0. The van der Waals surface area contributed by atoms with Gasteiger partial charge in [-0.25, -0.2) is 4.98 Å². The molecule has 3 nitrogen and oxygen atoms in total. The molecule has 1 aromatic carbocycles. The fourth-order valence-corrected chi connectivity index (χ4v) is 1.95. The number of nitrogens with zero attached hydrogens (tertiary/aromatic N) is 1. The van der Waals surface area contributed by atoms with Gasteiger partial charge in [0.05, 0.1) is 0 Å². The van der Waals surface area contributed by atoms with Gasteiger partial charge in [-0.2, -0.15) is 0 Å². The van der Waals surface area contributed by atoms with Gasteiger partial charge in [-0.15, -0.1) is 0 Å². The van der Waals surface area contributed by atoms with Gasteiger partial charge in [0.15, 0.2) is 0 Å². The van der Waals surface area contributed by atoms with E-state index in [1.807, 2.05) is 37.4 Å². The highest BCUT2D eigenvalue weighted by Crippen LogP contribution is 2.13. The second kappa shape index (κ2) is 6.05. The van der Waals surface area contributed by atoms with Gasteiger partial charge in [0, 0.05) is 17.6 Å². The number of allylic oxidation sites excluding steroid dienone is 1. The Morgan fingerprint density at radius 1 is 1.21 bits per heavy atom.